The molecule has 9 heteroatoms. The predicted molar refractivity (Wildman–Crippen MR) is 101 cm³/mol. The molecule has 0 unspecified atom stereocenters. The number of halogens is 1. The van der Waals surface area contributed by atoms with Gasteiger partial charge in [-0.2, -0.15) is 5.10 Å². The smallest absolute Gasteiger partial charge is 0.316 e. The highest BCUT2D eigenvalue weighted by Crippen LogP contribution is 2.20. The van der Waals surface area contributed by atoms with Crippen LogP contribution in [0.3, 0.4) is 0 Å². The first-order valence-corrected chi connectivity index (χ1v) is 9.18. The van der Waals surface area contributed by atoms with Crippen LogP contribution >= 0.6 is 23.4 Å². The molecule has 0 saturated carbocycles. The molecule has 0 radical (unpaired) electrons. The molecule has 0 saturated heterocycles. The van der Waals surface area contributed by atoms with Crippen molar-refractivity contribution in [2.75, 3.05) is 5.75 Å². The molecule has 2 aromatic heterocycles. The molecule has 0 aliphatic heterocycles. The number of aromatic nitrogens is 4. The number of benzene rings is 1. The molecule has 0 aliphatic carbocycles. The summed E-state index contributed by atoms with van der Waals surface area (Å²) in [7, 11) is 0. The molecule has 0 atom stereocenters. The van der Waals surface area contributed by atoms with Gasteiger partial charge in [0.2, 0.25) is 0 Å². The van der Waals surface area contributed by atoms with Gasteiger partial charge in [-0.25, -0.2) is 9.67 Å². The second-order valence-corrected chi connectivity index (χ2v) is 7.92. The summed E-state index contributed by atoms with van der Waals surface area (Å²) in [5.41, 5.74) is 0.194. The van der Waals surface area contributed by atoms with E-state index in [-0.39, 0.29) is 17.3 Å². The van der Waals surface area contributed by atoms with Crippen LogP contribution in [0.2, 0.25) is 5.02 Å². The lowest BCUT2D eigenvalue weighted by Crippen LogP contribution is -2.25. The van der Waals surface area contributed by atoms with Crippen LogP contribution in [0.5, 0.6) is 0 Å². The molecule has 7 nitrogen and oxygen atoms in total. The number of thioether (sulfide) groups is 1. The zero-order valence-electron chi connectivity index (χ0n) is 14.4. The van der Waals surface area contributed by atoms with Crippen molar-refractivity contribution < 1.29 is 9.53 Å². The summed E-state index contributed by atoms with van der Waals surface area (Å²) < 4.78 is 6.79. The van der Waals surface area contributed by atoms with Gasteiger partial charge < -0.3 is 9.72 Å². The van der Waals surface area contributed by atoms with E-state index >= 15 is 0 Å². The molecule has 1 aromatic carbocycles. The first kappa shape index (κ1) is 18.5. The average Bonchev–Trinajstić information content (AvgIpc) is 2.96. The molecule has 3 rings (SSSR count). The molecule has 0 aliphatic rings. The Morgan fingerprint density at radius 1 is 1.38 bits per heavy atom. The standard InChI is InChI=1S/C17H17ClN4O3S/c1-17(2,3)25-13(23)9-26-16-20-14-12(15(24)21-16)8-19-22(14)11-6-4-5-10(18)7-11/h4-8H,9H2,1-3H3,(H,20,21,24). The second-order valence-electron chi connectivity index (χ2n) is 6.52. The van der Waals surface area contributed by atoms with Crippen LogP contribution in [0, 0.1) is 0 Å². The van der Waals surface area contributed by atoms with Crippen LogP contribution in [0.15, 0.2) is 40.4 Å². The van der Waals surface area contributed by atoms with Crippen molar-refractivity contribution in [1.29, 1.82) is 0 Å². The van der Waals surface area contributed by atoms with Gasteiger partial charge in [0, 0.05) is 5.02 Å². The molecular weight excluding hydrogens is 376 g/mol. The minimum absolute atomic E-state index is 0.0387. The van der Waals surface area contributed by atoms with Gasteiger partial charge in [0.05, 0.1) is 17.6 Å². The molecule has 0 fully saturated rings. The predicted octanol–water partition coefficient (Wildman–Crippen LogP) is 3.20. The monoisotopic (exact) mass is 392 g/mol. The lowest BCUT2D eigenvalue weighted by atomic mass is 10.2. The van der Waals surface area contributed by atoms with E-state index in [0.717, 1.165) is 11.8 Å². The Labute approximate surface area is 158 Å². The summed E-state index contributed by atoms with van der Waals surface area (Å²) in [5, 5.41) is 5.45. The number of rotatable bonds is 4. The number of nitrogens with one attached hydrogen (secondary N) is 1. The maximum atomic E-state index is 12.3. The summed E-state index contributed by atoms with van der Waals surface area (Å²) in [6.07, 6.45) is 1.45. The van der Waals surface area contributed by atoms with E-state index in [1.54, 1.807) is 39.0 Å². The molecule has 136 valence electrons. The van der Waals surface area contributed by atoms with Gasteiger partial charge in [-0.15, -0.1) is 0 Å². The number of carbonyl (C=O) groups is 1. The Hall–Kier alpha value is -2.32. The second kappa shape index (κ2) is 7.13. The number of H-pyrrole nitrogens is 1. The number of hydrogen-bond acceptors (Lipinski definition) is 6. The Balaban J connectivity index is 1.90. The van der Waals surface area contributed by atoms with Gasteiger partial charge >= 0.3 is 5.97 Å². The van der Waals surface area contributed by atoms with E-state index in [4.69, 9.17) is 16.3 Å². The van der Waals surface area contributed by atoms with E-state index in [1.807, 2.05) is 6.07 Å². The third kappa shape index (κ3) is 4.25. The van der Waals surface area contributed by atoms with Crippen LogP contribution in [-0.4, -0.2) is 37.1 Å². The van der Waals surface area contributed by atoms with Crippen LogP contribution in [0.1, 0.15) is 20.8 Å². The highest BCUT2D eigenvalue weighted by Gasteiger charge is 2.18. The van der Waals surface area contributed by atoms with Crippen molar-refractivity contribution in [2.24, 2.45) is 0 Å². The van der Waals surface area contributed by atoms with E-state index in [2.05, 4.69) is 15.1 Å². The van der Waals surface area contributed by atoms with Crippen molar-refractivity contribution in [1.82, 2.24) is 19.7 Å². The number of hydrogen-bond donors (Lipinski definition) is 1. The third-order valence-electron chi connectivity index (χ3n) is 3.22. The van der Waals surface area contributed by atoms with Crippen molar-refractivity contribution in [3.8, 4) is 5.69 Å². The maximum Gasteiger partial charge on any atom is 0.316 e. The zero-order valence-corrected chi connectivity index (χ0v) is 16.0. The first-order valence-electron chi connectivity index (χ1n) is 7.81. The molecule has 1 N–H and O–H groups in total. The first-order chi connectivity index (χ1) is 12.2. The van der Waals surface area contributed by atoms with Crippen LogP contribution < -0.4 is 5.56 Å². The summed E-state index contributed by atoms with van der Waals surface area (Å²) in [5.74, 6) is -0.342. The summed E-state index contributed by atoms with van der Waals surface area (Å²) >= 11 is 7.13. The molecule has 3 aromatic rings. The number of esters is 1. The van der Waals surface area contributed by atoms with Crippen molar-refractivity contribution in [2.45, 2.75) is 31.5 Å². The lowest BCUT2D eigenvalue weighted by Gasteiger charge is -2.19. The number of nitrogens with zero attached hydrogens (tertiary/aromatic N) is 3. The van der Waals surface area contributed by atoms with Crippen LogP contribution in [-0.2, 0) is 9.53 Å². The van der Waals surface area contributed by atoms with Crippen molar-refractivity contribution in [3.05, 3.63) is 45.8 Å². The minimum atomic E-state index is -0.562. The van der Waals surface area contributed by atoms with Crippen molar-refractivity contribution in [3.63, 3.8) is 0 Å². The highest BCUT2D eigenvalue weighted by atomic mass is 35.5. The quantitative estimate of drug-likeness (QED) is 0.416. The number of aromatic amines is 1. The van der Waals surface area contributed by atoms with E-state index < -0.39 is 5.60 Å². The van der Waals surface area contributed by atoms with Crippen LogP contribution in [0.4, 0.5) is 0 Å². The Morgan fingerprint density at radius 3 is 2.85 bits per heavy atom. The van der Waals surface area contributed by atoms with Gasteiger partial charge in [0.15, 0.2) is 10.8 Å². The molecule has 0 bridgehead atoms. The molecule has 0 spiro atoms. The van der Waals surface area contributed by atoms with Gasteiger partial charge in [0.1, 0.15) is 11.0 Å². The van der Waals surface area contributed by atoms with Crippen molar-refractivity contribution >= 4 is 40.4 Å². The van der Waals surface area contributed by atoms with Gasteiger partial charge in [-0.05, 0) is 39.0 Å². The minimum Gasteiger partial charge on any atom is -0.459 e. The Bertz CT molecular complexity index is 1020. The largest absolute Gasteiger partial charge is 0.459 e. The third-order valence-corrected chi connectivity index (χ3v) is 4.30. The lowest BCUT2D eigenvalue weighted by molar-refractivity contribution is -0.151. The molecule has 26 heavy (non-hydrogen) atoms. The highest BCUT2D eigenvalue weighted by molar-refractivity contribution is 7.99. The fraction of sp³-hybridized carbons (Fsp3) is 0.294. The fourth-order valence-electron chi connectivity index (χ4n) is 2.26. The summed E-state index contributed by atoms with van der Waals surface area (Å²) in [4.78, 5) is 31.2. The maximum absolute atomic E-state index is 12.3. The number of ether oxygens (including phenoxy) is 1. The molecule has 0 amide bonds. The zero-order chi connectivity index (χ0) is 18.9. The van der Waals surface area contributed by atoms with E-state index in [0.29, 0.717) is 26.9 Å². The molecule has 2 heterocycles. The Morgan fingerprint density at radius 2 is 2.15 bits per heavy atom. The molecular formula is C17H17ClN4O3S. The fourth-order valence-corrected chi connectivity index (χ4v) is 3.08. The van der Waals surface area contributed by atoms with E-state index in [9.17, 15) is 9.59 Å². The van der Waals surface area contributed by atoms with E-state index in [1.165, 1.54) is 10.9 Å². The van der Waals surface area contributed by atoms with Gasteiger partial charge in [-0.1, -0.05) is 29.4 Å². The number of fused-ring (bicyclic) bond motifs is 1. The topological polar surface area (TPSA) is 89.9 Å². The SMILES string of the molecule is CC(C)(C)OC(=O)CSc1nc2c(cnn2-c2cccc(Cl)c2)c(=O)[nH]1. The summed E-state index contributed by atoms with van der Waals surface area (Å²) in [6.45, 7) is 5.39. The normalized spacial score (nSPS) is 11.7. The van der Waals surface area contributed by atoms with Gasteiger partial charge in [0.25, 0.3) is 5.56 Å². The Kier molecular flexibility index (Phi) is 5.06. The average molecular weight is 393 g/mol. The van der Waals surface area contributed by atoms with Crippen LogP contribution in [0.25, 0.3) is 16.7 Å². The number of carbonyl (C=O) groups excluding carboxylic acids is 1. The summed E-state index contributed by atoms with van der Waals surface area (Å²) in [6, 6.07) is 7.08. The van der Waals surface area contributed by atoms with Gasteiger partial charge in [-0.3, -0.25) is 9.59 Å².